The van der Waals surface area contributed by atoms with E-state index in [1.54, 1.807) is 0 Å². The van der Waals surface area contributed by atoms with Crippen LogP contribution in [0, 0.1) is 29.1 Å². The van der Waals surface area contributed by atoms with Crippen molar-refractivity contribution in [1.29, 1.82) is 0 Å². The van der Waals surface area contributed by atoms with Gasteiger partial charge in [0, 0.05) is 12.3 Å². The van der Waals surface area contributed by atoms with Crippen molar-refractivity contribution in [3.05, 3.63) is 35.3 Å². The molecule has 2 rings (SSSR count). The Morgan fingerprint density at radius 2 is 2.05 bits per heavy atom. The summed E-state index contributed by atoms with van der Waals surface area (Å²) in [7, 11) is 0. The summed E-state index contributed by atoms with van der Waals surface area (Å²) in [5.41, 5.74) is 0.0636. The van der Waals surface area contributed by atoms with Crippen LogP contribution in [0.1, 0.15) is 39.2 Å². The Bertz CT molecular complexity index is 623. The number of aliphatic carboxylic acids is 1. The van der Waals surface area contributed by atoms with Crippen molar-refractivity contribution >= 4 is 5.97 Å². The molecule has 1 aromatic rings. The highest BCUT2D eigenvalue weighted by atomic mass is 16.4. The molecular formula is C18H22O3. The van der Waals surface area contributed by atoms with Crippen LogP contribution in [0.3, 0.4) is 0 Å². The van der Waals surface area contributed by atoms with Gasteiger partial charge in [0.2, 0.25) is 0 Å². The molecule has 1 aliphatic carbocycles. The fourth-order valence-electron chi connectivity index (χ4n) is 3.39. The molecule has 0 amide bonds. The zero-order valence-electron chi connectivity index (χ0n) is 13.1. The van der Waals surface area contributed by atoms with E-state index in [1.807, 2.05) is 39.8 Å². The molecule has 0 saturated heterocycles. The molecule has 3 nitrogen and oxygen atoms in total. The molecule has 0 bridgehead atoms. The van der Waals surface area contributed by atoms with Crippen LogP contribution in [0.25, 0.3) is 0 Å². The van der Waals surface area contributed by atoms with Gasteiger partial charge in [-0.1, -0.05) is 31.4 Å². The standard InChI is InChI=1S/C18H22O3/c1-6-7-13-8-9-14(21-13)11-18(16(19)20)15(10-12(2)3)17(18,4)5/h1,8-10,15H,7,11H2,2-5H3,(H,19,20)/t15-,18+/m0/s1. The van der Waals surface area contributed by atoms with Crippen molar-refractivity contribution in [2.45, 2.75) is 40.5 Å². The quantitative estimate of drug-likeness (QED) is 0.663. The average molecular weight is 286 g/mol. The van der Waals surface area contributed by atoms with Gasteiger partial charge in [0.25, 0.3) is 0 Å². The normalized spacial score (nSPS) is 26.0. The lowest BCUT2D eigenvalue weighted by atomic mass is 9.91. The molecule has 0 aliphatic heterocycles. The van der Waals surface area contributed by atoms with Crippen LogP contribution >= 0.6 is 0 Å². The van der Waals surface area contributed by atoms with Gasteiger partial charge in [0.05, 0.1) is 11.8 Å². The molecule has 3 heteroatoms. The highest BCUT2D eigenvalue weighted by Crippen LogP contribution is 2.71. The van der Waals surface area contributed by atoms with Gasteiger partial charge in [-0.05, 0) is 31.4 Å². The average Bonchev–Trinajstić information content (AvgIpc) is 2.72. The molecule has 1 N–H and O–H groups in total. The monoisotopic (exact) mass is 286 g/mol. The van der Waals surface area contributed by atoms with E-state index in [-0.39, 0.29) is 11.3 Å². The van der Waals surface area contributed by atoms with E-state index in [4.69, 9.17) is 10.8 Å². The number of hydrogen-bond donors (Lipinski definition) is 1. The number of allylic oxidation sites excluding steroid dienone is 2. The fourth-order valence-corrected chi connectivity index (χ4v) is 3.39. The summed E-state index contributed by atoms with van der Waals surface area (Å²) in [4.78, 5) is 11.9. The van der Waals surface area contributed by atoms with Crippen molar-refractivity contribution in [1.82, 2.24) is 0 Å². The number of furan rings is 1. The maximum Gasteiger partial charge on any atom is 0.311 e. The van der Waals surface area contributed by atoms with E-state index in [0.29, 0.717) is 24.4 Å². The maximum absolute atomic E-state index is 11.9. The third-order valence-corrected chi connectivity index (χ3v) is 4.70. The molecule has 112 valence electrons. The summed E-state index contributed by atoms with van der Waals surface area (Å²) in [6.07, 6.45) is 8.16. The van der Waals surface area contributed by atoms with E-state index < -0.39 is 11.4 Å². The molecule has 1 aliphatic rings. The molecule has 1 heterocycles. The highest BCUT2D eigenvalue weighted by Gasteiger charge is 2.74. The van der Waals surface area contributed by atoms with Gasteiger partial charge in [-0.2, -0.15) is 0 Å². The van der Waals surface area contributed by atoms with Gasteiger partial charge in [-0.15, -0.1) is 6.42 Å². The maximum atomic E-state index is 11.9. The molecule has 2 atom stereocenters. The number of terminal acetylenes is 1. The molecule has 0 radical (unpaired) electrons. The lowest BCUT2D eigenvalue weighted by Crippen LogP contribution is -2.24. The van der Waals surface area contributed by atoms with Gasteiger partial charge in [-0.3, -0.25) is 4.79 Å². The minimum Gasteiger partial charge on any atom is -0.481 e. The van der Waals surface area contributed by atoms with Gasteiger partial charge in [0.15, 0.2) is 0 Å². The van der Waals surface area contributed by atoms with E-state index >= 15 is 0 Å². The second-order valence-corrected chi connectivity index (χ2v) is 6.65. The van der Waals surface area contributed by atoms with Crippen LogP contribution in [0.5, 0.6) is 0 Å². The van der Waals surface area contributed by atoms with Crippen molar-refractivity contribution in [2.24, 2.45) is 16.7 Å². The van der Waals surface area contributed by atoms with Crippen molar-refractivity contribution < 1.29 is 14.3 Å². The van der Waals surface area contributed by atoms with Crippen LogP contribution in [-0.2, 0) is 17.6 Å². The Hall–Kier alpha value is -1.95. The second kappa shape index (κ2) is 5.11. The molecule has 21 heavy (non-hydrogen) atoms. The highest BCUT2D eigenvalue weighted by molar-refractivity contribution is 5.82. The Morgan fingerprint density at radius 1 is 1.43 bits per heavy atom. The van der Waals surface area contributed by atoms with Gasteiger partial charge in [0.1, 0.15) is 11.5 Å². The predicted octanol–water partition coefficient (Wildman–Crippen LogP) is 3.69. The van der Waals surface area contributed by atoms with Crippen LogP contribution in [0.15, 0.2) is 28.2 Å². The Morgan fingerprint density at radius 3 is 2.57 bits per heavy atom. The summed E-state index contributed by atoms with van der Waals surface area (Å²) in [5, 5.41) is 9.79. The summed E-state index contributed by atoms with van der Waals surface area (Å²) in [6.45, 7) is 8.02. The van der Waals surface area contributed by atoms with E-state index in [9.17, 15) is 9.90 Å². The largest absolute Gasteiger partial charge is 0.481 e. The first kappa shape index (κ1) is 15.4. The van der Waals surface area contributed by atoms with Gasteiger partial charge < -0.3 is 9.52 Å². The molecular weight excluding hydrogens is 264 g/mol. The van der Waals surface area contributed by atoms with Crippen molar-refractivity contribution in [2.75, 3.05) is 0 Å². The summed E-state index contributed by atoms with van der Waals surface area (Å²) < 4.78 is 5.67. The molecule has 1 aromatic heterocycles. The molecule has 0 spiro atoms. The van der Waals surface area contributed by atoms with Crippen LogP contribution < -0.4 is 0 Å². The van der Waals surface area contributed by atoms with Crippen molar-refractivity contribution in [3.8, 4) is 12.3 Å². The minimum absolute atomic E-state index is 0.0219. The fraction of sp³-hybridized carbons (Fsp3) is 0.500. The number of carbonyl (C=O) groups is 1. The predicted molar refractivity (Wildman–Crippen MR) is 81.7 cm³/mol. The van der Waals surface area contributed by atoms with Gasteiger partial charge in [-0.25, -0.2) is 0 Å². The first-order valence-electron chi connectivity index (χ1n) is 7.15. The second-order valence-electron chi connectivity index (χ2n) is 6.65. The number of carboxylic acid groups (broad SMARTS) is 1. The number of rotatable bonds is 5. The zero-order valence-corrected chi connectivity index (χ0v) is 13.1. The van der Waals surface area contributed by atoms with Crippen LogP contribution in [-0.4, -0.2) is 11.1 Å². The Balaban J connectivity index is 2.31. The van der Waals surface area contributed by atoms with Crippen LogP contribution in [0.4, 0.5) is 0 Å². The number of hydrogen-bond acceptors (Lipinski definition) is 2. The molecule has 0 aromatic carbocycles. The van der Waals surface area contributed by atoms with E-state index in [0.717, 1.165) is 5.57 Å². The zero-order chi connectivity index (χ0) is 15.8. The van der Waals surface area contributed by atoms with E-state index in [2.05, 4.69) is 12.0 Å². The Kier molecular flexibility index (Phi) is 3.76. The lowest BCUT2D eigenvalue weighted by Gasteiger charge is -2.13. The first-order valence-corrected chi connectivity index (χ1v) is 7.15. The smallest absolute Gasteiger partial charge is 0.311 e. The van der Waals surface area contributed by atoms with E-state index in [1.165, 1.54) is 0 Å². The summed E-state index contributed by atoms with van der Waals surface area (Å²) in [5.74, 6) is 3.20. The molecule has 0 unspecified atom stereocenters. The summed E-state index contributed by atoms with van der Waals surface area (Å²) >= 11 is 0. The van der Waals surface area contributed by atoms with Crippen molar-refractivity contribution in [3.63, 3.8) is 0 Å². The summed E-state index contributed by atoms with van der Waals surface area (Å²) in [6, 6.07) is 3.67. The lowest BCUT2D eigenvalue weighted by molar-refractivity contribution is -0.145. The van der Waals surface area contributed by atoms with Crippen LogP contribution in [0.2, 0.25) is 0 Å². The first-order chi connectivity index (χ1) is 9.75. The third kappa shape index (κ3) is 2.40. The van der Waals surface area contributed by atoms with Gasteiger partial charge >= 0.3 is 5.97 Å². The molecule has 1 saturated carbocycles. The topological polar surface area (TPSA) is 50.4 Å². The number of carboxylic acids is 1. The third-order valence-electron chi connectivity index (χ3n) is 4.70. The molecule has 1 fully saturated rings. The minimum atomic E-state index is -0.796. The Labute approximate surface area is 126 Å². The SMILES string of the molecule is C#CCc1ccc(C[C@]2(C(=O)O)[C@@H](C=C(C)C)C2(C)C)o1.